The summed E-state index contributed by atoms with van der Waals surface area (Å²) in [7, 11) is 0. The van der Waals surface area contributed by atoms with Crippen LogP contribution in [0.15, 0.2) is 54.7 Å². The molecule has 5 rings (SSSR count). The Morgan fingerprint density at radius 2 is 1.74 bits per heavy atom. The molecule has 1 aliphatic carbocycles. The minimum Gasteiger partial charge on any atom is -0.361 e. The zero-order valence-corrected chi connectivity index (χ0v) is 15.2. The van der Waals surface area contributed by atoms with Gasteiger partial charge in [-0.1, -0.05) is 36.4 Å². The zero-order valence-electron chi connectivity index (χ0n) is 15.2. The number of carbonyl (C=O) groups is 1. The number of rotatable bonds is 3. The average Bonchev–Trinajstić information content (AvgIpc) is 3.38. The maximum absolute atomic E-state index is 14.0. The number of hydrogen-bond donors (Lipinski definition) is 1. The van der Waals surface area contributed by atoms with Gasteiger partial charge in [-0.2, -0.15) is 0 Å². The monoisotopic (exact) mass is 362 g/mol. The molecule has 3 aromatic rings. The summed E-state index contributed by atoms with van der Waals surface area (Å²) in [6.07, 6.45) is 4.89. The van der Waals surface area contributed by atoms with Crippen molar-refractivity contribution in [2.24, 2.45) is 5.92 Å². The van der Waals surface area contributed by atoms with Gasteiger partial charge in [0.2, 0.25) is 5.91 Å². The summed E-state index contributed by atoms with van der Waals surface area (Å²) in [5.41, 5.74) is 3.24. The van der Waals surface area contributed by atoms with Crippen molar-refractivity contribution in [2.45, 2.75) is 31.1 Å². The topological polar surface area (TPSA) is 36.1 Å². The van der Waals surface area contributed by atoms with Gasteiger partial charge >= 0.3 is 0 Å². The van der Waals surface area contributed by atoms with E-state index in [1.807, 2.05) is 23.1 Å². The first kappa shape index (κ1) is 16.5. The molecule has 1 aromatic heterocycles. The number of carbonyl (C=O) groups excluding carboxylic acids is 1. The highest BCUT2D eigenvalue weighted by Crippen LogP contribution is 2.49. The average molecular weight is 362 g/mol. The lowest BCUT2D eigenvalue weighted by atomic mass is 9.89. The van der Waals surface area contributed by atoms with Crippen molar-refractivity contribution in [3.05, 3.63) is 71.7 Å². The minimum absolute atomic E-state index is 0.0356. The van der Waals surface area contributed by atoms with Crippen LogP contribution in [0.2, 0.25) is 0 Å². The van der Waals surface area contributed by atoms with Gasteiger partial charge in [-0.15, -0.1) is 0 Å². The Labute approximate surface area is 158 Å². The molecule has 138 valence electrons. The molecule has 2 unspecified atom stereocenters. The smallest absolute Gasteiger partial charge is 0.226 e. The van der Waals surface area contributed by atoms with E-state index in [-0.39, 0.29) is 23.6 Å². The number of nitrogens with one attached hydrogen (secondary N) is 1. The third-order valence-corrected chi connectivity index (χ3v) is 6.28. The predicted octanol–water partition coefficient (Wildman–Crippen LogP) is 4.82. The van der Waals surface area contributed by atoms with E-state index in [0.29, 0.717) is 11.5 Å². The molecule has 2 heterocycles. The van der Waals surface area contributed by atoms with E-state index in [2.05, 4.69) is 29.4 Å². The number of fused-ring (bicyclic) bond motifs is 1. The van der Waals surface area contributed by atoms with Crippen LogP contribution in [-0.4, -0.2) is 28.9 Å². The largest absolute Gasteiger partial charge is 0.361 e. The number of aromatic nitrogens is 1. The van der Waals surface area contributed by atoms with Crippen molar-refractivity contribution in [3.63, 3.8) is 0 Å². The number of likely N-dealkylation sites (tertiary alicyclic amines) is 1. The second kappa shape index (κ2) is 6.52. The lowest BCUT2D eigenvalue weighted by molar-refractivity contribution is -0.133. The molecular formula is C23H23FN2O. The van der Waals surface area contributed by atoms with E-state index in [1.54, 1.807) is 6.07 Å². The van der Waals surface area contributed by atoms with Crippen LogP contribution in [0.3, 0.4) is 0 Å². The molecule has 2 fully saturated rings. The van der Waals surface area contributed by atoms with E-state index in [1.165, 1.54) is 22.5 Å². The van der Waals surface area contributed by atoms with Crippen LogP contribution in [0.4, 0.5) is 4.39 Å². The van der Waals surface area contributed by atoms with Gasteiger partial charge in [0.25, 0.3) is 0 Å². The van der Waals surface area contributed by atoms with Crippen molar-refractivity contribution in [1.82, 2.24) is 9.88 Å². The Hall–Kier alpha value is -2.62. The zero-order chi connectivity index (χ0) is 18.4. The first-order valence-electron chi connectivity index (χ1n) is 9.81. The highest BCUT2D eigenvalue weighted by Gasteiger charge is 2.47. The lowest BCUT2D eigenvalue weighted by Crippen LogP contribution is -2.39. The maximum Gasteiger partial charge on any atom is 0.226 e. The second-order valence-corrected chi connectivity index (χ2v) is 7.86. The molecule has 1 amide bonds. The van der Waals surface area contributed by atoms with Crippen LogP contribution in [0.5, 0.6) is 0 Å². The summed E-state index contributed by atoms with van der Waals surface area (Å²) in [5.74, 6) is 0.542. The molecular weight excluding hydrogens is 339 g/mol. The molecule has 2 aromatic carbocycles. The van der Waals surface area contributed by atoms with Crippen molar-refractivity contribution >= 4 is 16.8 Å². The van der Waals surface area contributed by atoms with Crippen LogP contribution in [0.25, 0.3) is 10.9 Å². The first-order valence-corrected chi connectivity index (χ1v) is 9.81. The van der Waals surface area contributed by atoms with Gasteiger partial charge in [-0.05, 0) is 54.4 Å². The quantitative estimate of drug-likeness (QED) is 0.713. The molecule has 1 N–H and O–H groups in total. The molecule has 1 saturated heterocycles. The summed E-state index contributed by atoms with van der Waals surface area (Å²) in [5, 5.41) is 1.30. The number of amides is 1. The van der Waals surface area contributed by atoms with Crippen LogP contribution in [0, 0.1) is 11.7 Å². The number of nitrogens with zero attached hydrogens (tertiary/aromatic N) is 1. The molecule has 27 heavy (non-hydrogen) atoms. The van der Waals surface area contributed by atoms with Gasteiger partial charge in [0.15, 0.2) is 0 Å². The van der Waals surface area contributed by atoms with E-state index in [9.17, 15) is 9.18 Å². The molecule has 2 aliphatic rings. The number of para-hydroxylation sites is 1. The van der Waals surface area contributed by atoms with Crippen molar-refractivity contribution in [3.8, 4) is 0 Å². The van der Waals surface area contributed by atoms with Gasteiger partial charge in [0, 0.05) is 36.1 Å². The summed E-state index contributed by atoms with van der Waals surface area (Å²) in [6.45, 7) is 1.59. The van der Waals surface area contributed by atoms with E-state index >= 15 is 0 Å². The number of benzene rings is 2. The Morgan fingerprint density at radius 1 is 1.00 bits per heavy atom. The summed E-state index contributed by atoms with van der Waals surface area (Å²) in [4.78, 5) is 18.2. The van der Waals surface area contributed by atoms with E-state index in [4.69, 9.17) is 0 Å². The highest BCUT2D eigenvalue weighted by molar-refractivity contribution is 5.84. The minimum atomic E-state index is -0.184. The summed E-state index contributed by atoms with van der Waals surface area (Å²) < 4.78 is 14.0. The first-order chi connectivity index (χ1) is 13.2. The second-order valence-electron chi connectivity index (χ2n) is 7.86. The number of halogens is 1. The van der Waals surface area contributed by atoms with Crippen LogP contribution in [0.1, 0.15) is 42.2 Å². The molecule has 0 bridgehead atoms. The van der Waals surface area contributed by atoms with Gasteiger partial charge in [-0.3, -0.25) is 4.79 Å². The third-order valence-electron chi connectivity index (χ3n) is 6.28. The predicted molar refractivity (Wildman–Crippen MR) is 104 cm³/mol. The van der Waals surface area contributed by atoms with Gasteiger partial charge in [0.05, 0.1) is 0 Å². The Balaban J connectivity index is 1.24. The third kappa shape index (κ3) is 2.93. The van der Waals surface area contributed by atoms with Crippen LogP contribution < -0.4 is 0 Å². The van der Waals surface area contributed by atoms with Gasteiger partial charge in [-0.25, -0.2) is 4.39 Å². The maximum atomic E-state index is 14.0. The summed E-state index contributed by atoms with van der Waals surface area (Å²) in [6, 6.07) is 15.3. The lowest BCUT2D eigenvalue weighted by Gasteiger charge is -2.32. The normalized spacial score (nSPS) is 22.9. The molecule has 2 atom stereocenters. The van der Waals surface area contributed by atoms with Gasteiger partial charge < -0.3 is 9.88 Å². The fraction of sp³-hybridized carbons (Fsp3) is 0.348. The molecule has 0 spiro atoms. The molecule has 1 aliphatic heterocycles. The van der Waals surface area contributed by atoms with Gasteiger partial charge in [0.1, 0.15) is 5.82 Å². The molecule has 1 saturated carbocycles. The molecule has 0 radical (unpaired) electrons. The standard InChI is InChI=1S/C23H23FN2O/c24-21-7-3-1-5-16(21)18-13-19(18)23(27)26-11-9-15(10-12-26)20-14-25-22-8-4-2-6-17(20)22/h1-8,14-15,18-19,25H,9-13H2. The summed E-state index contributed by atoms with van der Waals surface area (Å²) >= 11 is 0. The fourth-order valence-electron chi connectivity index (χ4n) is 4.66. The Kier molecular flexibility index (Phi) is 4.00. The number of aromatic amines is 1. The van der Waals surface area contributed by atoms with Crippen LogP contribution in [-0.2, 0) is 4.79 Å². The van der Waals surface area contributed by atoms with Crippen molar-refractivity contribution in [2.75, 3.05) is 13.1 Å². The number of hydrogen-bond acceptors (Lipinski definition) is 1. The fourth-order valence-corrected chi connectivity index (χ4v) is 4.66. The Bertz CT molecular complexity index is 987. The van der Waals surface area contributed by atoms with Crippen LogP contribution >= 0.6 is 0 Å². The van der Waals surface area contributed by atoms with Crippen molar-refractivity contribution < 1.29 is 9.18 Å². The van der Waals surface area contributed by atoms with E-state index in [0.717, 1.165) is 32.4 Å². The molecule has 4 heteroatoms. The number of H-pyrrole nitrogens is 1. The number of piperidine rings is 1. The van der Waals surface area contributed by atoms with E-state index < -0.39 is 0 Å². The molecule has 3 nitrogen and oxygen atoms in total. The van der Waals surface area contributed by atoms with Crippen molar-refractivity contribution in [1.29, 1.82) is 0 Å². The highest BCUT2D eigenvalue weighted by atomic mass is 19.1. The SMILES string of the molecule is O=C(C1CC1c1ccccc1F)N1CCC(c2c[nH]c3ccccc23)CC1. The Morgan fingerprint density at radius 3 is 2.56 bits per heavy atom.